The van der Waals surface area contributed by atoms with Crippen molar-refractivity contribution in [1.29, 1.82) is 0 Å². The van der Waals surface area contributed by atoms with Gasteiger partial charge in [-0.05, 0) is 48.0 Å². The molecule has 0 bridgehead atoms. The van der Waals surface area contributed by atoms with Crippen LogP contribution in [-0.4, -0.2) is 22.8 Å². The molecule has 0 aromatic heterocycles. The third-order valence-corrected chi connectivity index (χ3v) is 3.83. The number of rotatable bonds is 4. The normalized spacial score (nSPS) is 11.1. The smallest absolute Gasteiger partial charge is 0.155 e. The van der Waals surface area contributed by atoms with Crippen molar-refractivity contribution in [1.82, 2.24) is 0 Å². The Bertz CT molecular complexity index is 1040. The Morgan fingerprint density at radius 3 is 2.14 bits per heavy atom. The van der Waals surface area contributed by atoms with Crippen molar-refractivity contribution in [3.63, 3.8) is 0 Å². The van der Waals surface area contributed by atoms with Crippen LogP contribution in [0.3, 0.4) is 0 Å². The van der Waals surface area contributed by atoms with Crippen LogP contribution in [0.1, 0.15) is 31.9 Å². The number of ketones is 1. The Morgan fingerprint density at radius 1 is 1.03 bits per heavy atom. The SMILES string of the molecule is CC(=Nc1cc2ccccc2cc1C=[N-])c1[c-]cccc1.CC(=O)/C=C(/C)O.[Ir]. The van der Waals surface area contributed by atoms with Crippen LogP contribution in [0.15, 0.2) is 77.5 Å². The largest absolute Gasteiger partial charge is 0.810 e. The van der Waals surface area contributed by atoms with Gasteiger partial charge in [0.25, 0.3) is 0 Å². The second-order valence-corrected chi connectivity index (χ2v) is 6.26. The van der Waals surface area contributed by atoms with E-state index in [-0.39, 0.29) is 31.6 Å². The van der Waals surface area contributed by atoms with Gasteiger partial charge in [-0.2, -0.15) is 6.21 Å². The molecule has 0 unspecified atom stereocenters. The molecule has 5 heteroatoms. The molecule has 3 rings (SSSR count). The van der Waals surface area contributed by atoms with Crippen molar-refractivity contribution < 1.29 is 30.0 Å². The first-order valence-corrected chi connectivity index (χ1v) is 8.81. The minimum Gasteiger partial charge on any atom is -0.810 e. The van der Waals surface area contributed by atoms with E-state index in [1.165, 1.54) is 19.9 Å². The molecule has 0 aliphatic carbocycles. The predicted octanol–water partition coefficient (Wildman–Crippen LogP) is 5.80. The number of aliphatic hydroxyl groups is 1. The molecule has 0 atom stereocenters. The minimum atomic E-state index is -0.125. The van der Waals surface area contributed by atoms with Crippen LogP contribution in [0, 0.1) is 6.07 Å². The minimum absolute atomic E-state index is 0. The van der Waals surface area contributed by atoms with Crippen molar-refractivity contribution in [2.75, 3.05) is 0 Å². The molecule has 1 radical (unpaired) electrons. The fourth-order valence-electron chi connectivity index (χ4n) is 2.60. The molecule has 0 fully saturated rings. The summed E-state index contributed by atoms with van der Waals surface area (Å²) < 4.78 is 0. The molecule has 3 aromatic rings. The molecule has 0 aliphatic rings. The van der Waals surface area contributed by atoms with Gasteiger partial charge in [0, 0.05) is 26.2 Å². The molecule has 29 heavy (non-hydrogen) atoms. The third-order valence-electron chi connectivity index (χ3n) is 3.83. The number of fused-ring (bicyclic) bond motifs is 1. The Labute approximate surface area is 184 Å². The number of benzene rings is 3. The summed E-state index contributed by atoms with van der Waals surface area (Å²) in [4.78, 5) is 14.7. The van der Waals surface area contributed by atoms with Gasteiger partial charge in [-0.25, -0.2) is 0 Å². The van der Waals surface area contributed by atoms with E-state index in [0.717, 1.165) is 33.9 Å². The van der Waals surface area contributed by atoms with Crippen LogP contribution < -0.4 is 0 Å². The van der Waals surface area contributed by atoms with E-state index in [2.05, 4.69) is 11.1 Å². The Kier molecular flexibility index (Phi) is 9.87. The van der Waals surface area contributed by atoms with Gasteiger partial charge in [0.05, 0.1) is 11.4 Å². The maximum Gasteiger partial charge on any atom is 0.155 e. The van der Waals surface area contributed by atoms with Crippen LogP contribution in [0.25, 0.3) is 16.2 Å². The summed E-state index contributed by atoms with van der Waals surface area (Å²) in [6.45, 7) is 4.79. The number of carbonyl (C=O) groups is 1. The maximum atomic E-state index is 10.0. The van der Waals surface area contributed by atoms with Crippen LogP contribution in [-0.2, 0) is 24.9 Å². The van der Waals surface area contributed by atoms with Crippen molar-refractivity contribution in [2.24, 2.45) is 4.99 Å². The summed E-state index contributed by atoms with van der Waals surface area (Å²) in [6, 6.07) is 22.9. The number of hydrogen-bond acceptors (Lipinski definition) is 3. The van der Waals surface area contributed by atoms with E-state index < -0.39 is 0 Å². The molecular formula is C24H22IrN2O2-2. The van der Waals surface area contributed by atoms with E-state index in [1.54, 1.807) is 0 Å². The zero-order valence-corrected chi connectivity index (χ0v) is 18.9. The first-order chi connectivity index (χ1) is 13.4. The molecule has 0 amide bonds. The number of allylic oxidation sites excluding steroid dienone is 2. The van der Waals surface area contributed by atoms with Crippen LogP contribution >= 0.6 is 0 Å². The molecule has 0 saturated carbocycles. The number of aliphatic imine (C=N–C) groups is 1. The van der Waals surface area contributed by atoms with Gasteiger partial charge in [-0.1, -0.05) is 31.2 Å². The topological polar surface area (TPSA) is 72.0 Å². The molecule has 4 nitrogen and oxygen atoms in total. The van der Waals surface area contributed by atoms with Gasteiger partial charge in [0.15, 0.2) is 5.78 Å². The Hall–Kier alpha value is -2.88. The zero-order chi connectivity index (χ0) is 20.5. The van der Waals surface area contributed by atoms with Crippen molar-refractivity contribution >= 4 is 34.2 Å². The van der Waals surface area contributed by atoms with Gasteiger partial charge < -0.3 is 15.5 Å². The zero-order valence-electron chi connectivity index (χ0n) is 16.5. The van der Waals surface area contributed by atoms with E-state index in [1.807, 2.05) is 67.6 Å². The first-order valence-electron chi connectivity index (χ1n) is 8.81. The third kappa shape index (κ3) is 7.57. The summed E-state index contributed by atoms with van der Waals surface area (Å²) in [5.41, 5.74) is 3.29. The maximum absolute atomic E-state index is 10.0. The van der Waals surface area contributed by atoms with Crippen molar-refractivity contribution in [3.8, 4) is 0 Å². The predicted molar refractivity (Wildman–Crippen MR) is 117 cm³/mol. The average Bonchev–Trinajstić information content (AvgIpc) is 2.67. The van der Waals surface area contributed by atoms with Gasteiger partial charge in [-0.15, -0.1) is 35.9 Å². The quantitative estimate of drug-likeness (QED) is 0.189. The van der Waals surface area contributed by atoms with E-state index >= 15 is 0 Å². The number of carbonyl (C=O) groups excluding carboxylic acids is 1. The summed E-state index contributed by atoms with van der Waals surface area (Å²) in [5.74, 6) is -0.0625. The monoisotopic (exact) mass is 563 g/mol. The summed E-state index contributed by atoms with van der Waals surface area (Å²) in [5, 5.41) is 20.0. The standard InChI is InChI=1S/C19H14N2.C5H8O2.Ir/c1-14(15-7-3-2-4-8-15)21-19-12-17-10-6-5-9-16(17)11-18(19)13-20;1-4(6)3-5(2)7;/h2-7,9-13H,1H3;3,6H,1-2H3;/q-2;;/b;4-3-;. The van der Waals surface area contributed by atoms with Crippen molar-refractivity contribution in [3.05, 3.63) is 95.1 Å². The number of aliphatic hydroxyl groups excluding tert-OH is 1. The number of nitrogens with zero attached hydrogens (tertiary/aromatic N) is 2. The summed E-state index contributed by atoms with van der Waals surface area (Å²) >= 11 is 0. The average molecular weight is 563 g/mol. The van der Waals surface area contributed by atoms with E-state index in [4.69, 9.17) is 5.11 Å². The molecule has 0 aliphatic heterocycles. The van der Waals surface area contributed by atoms with E-state index in [9.17, 15) is 10.2 Å². The van der Waals surface area contributed by atoms with Gasteiger partial charge in [-0.3, -0.25) is 4.79 Å². The first kappa shape index (κ1) is 24.2. The molecular weight excluding hydrogens is 540 g/mol. The van der Waals surface area contributed by atoms with Crippen molar-refractivity contribution in [2.45, 2.75) is 20.8 Å². The van der Waals surface area contributed by atoms with Gasteiger partial charge in [0.2, 0.25) is 0 Å². The van der Waals surface area contributed by atoms with Crippen LogP contribution in [0.4, 0.5) is 5.69 Å². The van der Waals surface area contributed by atoms with Crippen LogP contribution in [0.5, 0.6) is 0 Å². The second-order valence-electron chi connectivity index (χ2n) is 6.26. The number of hydrogen-bond donors (Lipinski definition) is 1. The summed E-state index contributed by atoms with van der Waals surface area (Å²) in [7, 11) is 0. The fourth-order valence-corrected chi connectivity index (χ4v) is 2.60. The van der Waals surface area contributed by atoms with Gasteiger partial charge >= 0.3 is 0 Å². The second kappa shape index (κ2) is 11.8. The Morgan fingerprint density at radius 2 is 1.66 bits per heavy atom. The van der Waals surface area contributed by atoms with Crippen LogP contribution in [0.2, 0.25) is 0 Å². The fraction of sp³-hybridized carbons (Fsp3) is 0.125. The van der Waals surface area contributed by atoms with Gasteiger partial charge in [0.1, 0.15) is 0 Å². The summed E-state index contributed by atoms with van der Waals surface area (Å²) in [6.07, 6.45) is 2.27. The molecule has 3 aromatic carbocycles. The molecule has 0 heterocycles. The molecule has 0 spiro atoms. The Balaban J connectivity index is 0.000000456. The molecule has 151 valence electrons. The molecule has 1 N–H and O–H groups in total. The molecule has 0 saturated heterocycles. The van der Waals surface area contributed by atoms with E-state index in [0.29, 0.717) is 5.56 Å².